The number of thioether (sulfide) groups is 2. The summed E-state index contributed by atoms with van der Waals surface area (Å²) in [6.45, 7) is 0. The van der Waals surface area contributed by atoms with Crippen molar-refractivity contribution in [2.75, 3.05) is 30.8 Å². The molecule has 1 rings (SSSR count). The number of ether oxygens (including phenoxy) is 2. The van der Waals surface area contributed by atoms with Gasteiger partial charge in [0, 0.05) is 11.0 Å². The minimum atomic E-state index is -0.764. The molecular weight excluding hydrogens is 236 g/mol. The average Bonchev–Trinajstić information content (AvgIpc) is 2.30. The third-order valence-electron chi connectivity index (χ3n) is 2.21. The van der Waals surface area contributed by atoms with Gasteiger partial charge in [-0.15, -0.1) is 0 Å². The Morgan fingerprint density at radius 3 is 2.00 bits per heavy atom. The van der Waals surface area contributed by atoms with Crippen molar-refractivity contribution in [1.82, 2.24) is 0 Å². The molecule has 0 N–H and O–H groups in total. The van der Waals surface area contributed by atoms with Gasteiger partial charge in [-0.05, 0) is 11.5 Å². The summed E-state index contributed by atoms with van der Waals surface area (Å²) >= 11 is 3.47. The summed E-state index contributed by atoms with van der Waals surface area (Å²) in [6, 6.07) is 0. The van der Waals surface area contributed by atoms with Gasteiger partial charge in [0.05, 0.1) is 14.2 Å². The molecule has 0 amide bonds. The molecule has 1 fully saturated rings. The van der Waals surface area contributed by atoms with Crippen LogP contribution in [0.3, 0.4) is 0 Å². The van der Waals surface area contributed by atoms with Crippen LogP contribution in [0.1, 0.15) is 0 Å². The van der Waals surface area contributed by atoms with Crippen molar-refractivity contribution in [3.63, 3.8) is 0 Å². The highest BCUT2D eigenvalue weighted by Crippen LogP contribution is 2.31. The summed E-state index contributed by atoms with van der Waals surface area (Å²) in [7, 11) is 2.59. The van der Waals surface area contributed by atoms with Crippen LogP contribution in [-0.2, 0) is 19.1 Å². The Morgan fingerprint density at radius 1 is 1.13 bits per heavy atom. The maximum atomic E-state index is 11.5. The van der Waals surface area contributed by atoms with E-state index in [4.69, 9.17) is 0 Å². The van der Waals surface area contributed by atoms with E-state index in [0.717, 1.165) is 16.6 Å². The van der Waals surface area contributed by atoms with Crippen LogP contribution in [0.5, 0.6) is 0 Å². The standard InChI is InChI=1S/C9H14O4S2/c1-12-8(10)7(9(11)13-2)6-3-14-5-15-4-6/h6-7H,3-5H2,1-2H3. The number of hydrogen-bond acceptors (Lipinski definition) is 6. The predicted molar refractivity (Wildman–Crippen MR) is 60.8 cm³/mol. The quantitative estimate of drug-likeness (QED) is 0.550. The number of methoxy groups -OCH3 is 2. The first-order chi connectivity index (χ1) is 7.20. The maximum absolute atomic E-state index is 11.5. The molecule has 86 valence electrons. The summed E-state index contributed by atoms with van der Waals surface area (Å²) in [5.74, 6) is -0.108. The minimum Gasteiger partial charge on any atom is -0.468 e. The molecule has 0 aromatic heterocycles. The zero-order chi connectivity index (χ0) is 11.3. The second kappa shape index (κ2) is 6.27. The van der Waals surface area contributed by atoms with Gasteiger partial charge in [-0.1, -0.05) is 0 Å². The van der Waals surface area contributed by atoms with E-state index in [0.29, 0.717) is 0 Å². The van der Waals surface area contributed by atoms with E-state index >= 15 is 0 Å². The summed E-state index contributed by atoms with van der Waals surface area (Å²) < 4.78 is 9.26. The van der Waals surface area contributed by atoms with Crippen LogP contribution in [0, 0.1) is 11.8 Å². The molecule has 1 aliphatic rings. The zero-order valence-corrected chi connectivity index (χ0v) is 10.4. The lowest BCUT2D eigenvalue weighted by Crippen LogP contribution is -2.37. The number of carbonyl (C=O) groups is 2. The molecule has 1 heterocycles. The molecule has 4 nitrogen and oxygen atoms in total. The Morgan fingerprint density at radius 2 is 1.60 bits per heavy atom. The second-order valence-electron chi connectivity index (χ2n) is 3.14. The van der Waals surface area contributed by atoms with Gasteiger partial charge in [-0.2, -0.15) is 23.5 Å². The molecule has 1 saturated heterocycles. The summed E-state index contributed by atoms with van der Waals surface area (Å²) in [5, 5.41) is 1.02. The van der Waals surface area contributed by atoms with Gasteiger partial charge in [0.15, 0.2) is 5.92 Å². The molecule has 0 spiro atoms. The first-order valence-corrected chi connectivity index (χ1v) is 6.82. The van der Waals surface area contributed by atoms with Crippen LogP contribution in [-0.4, -0.2) is 42.7 Å². The van der Waals surface area contributed by atoms with Gasteiger partial charge >= 0.3 is 11.9 Å². The lowest BCUT2D eigenvalue weighted by atomic mass is 9.96. The fraction of sp³-hybridized carbons (Fsp3) is 0.778. The monoisotopic (exact) mass is 250 g/mol. The van der Waals surface area contributed by atoms with E-state index in [1.165, 1.54) is 14.2 Å². The van der Waals surface area contributed by atoms with Crippen molar-refractivity contribution >= 4 is 35.5 Å². The zero-order valence-electron chi connectivity index (χ0n) is 8.73. The topological polar surface area (TPSA) is 52.6 Å². The summed E-state index contributed by atoms with van der Waals surface area (Å²) in [4.78, 5) is 22.9. The summed E-state index contributed by atoms with van der Waals surface area (Å²) in [5.41, 5.74) is 0. The molecule has 15 heavy (non-hydrogen) atoms. The van der Waals surface area contributed by atoms with Crippen molar-refractivity contribution < 1.29 is 19.1 Å². The molecule has 0 bridgehead atoms. The van der Waals surface area contributed by atoms with Crippen molar-refractivity contribution in [1.29, 1.82) is 0 Å². The van der Waals surface area contributed by atoms with Crippen LogP contribution in [0.25, 0.3) is 0 Å². The molecule has 0 unspecified atom stereocenters. The second-order valence-corrected chi connectivity index (χ2v) is 5.57. The van der Waals surface area contributed by atoms with E-state index in [1.807, 2.05) is 0 Å². The van der Waals surface area contributed by atoms with Gasteiger partial charge in [0.2, 0.25) is 0 Å². The first kappa shape index (κ1) is 12.7. The largest absolute Gasteiger partial charge is 0.468 e. The molecular formula is C9H14O4S2. The Bertz CT molecular complexity index is 222. The molecule has 0 aromatic rings. The molecule has 0 saturated carbocycles. The van der Waals surface area contributed by atoms with E-state index in [1.54, 1.807) is 23.5 Å². The third-order valence-corrected chi connectivity index (χ3v) is 4.87. The first-order valence-electron chi connectivity index (χ1n) is 4.51. The van der Waals surface area contributed by atoms with Crippen LogP contribution < -0.4 is 0 Å². The molecule has 0 atom stereocenters. The fourth-order valence-corrected chi connectivity index (χ4v) is 4.05. The van der Waals surface area contributed by atoms with Crippen molar-refractivity contribution in [2.45, 2.75) is 0 Å². The van der Waals surface area contributed by atoms with Crippen LogP contribution >= 0.6 is 23.5 Å². The van der Waals surface area contributed by atoms with Crippen LogP contribution in [0.2, 0.25) is 0 Å². The molecule has 0 aromatic carbocycles. The molecule has 0 aliphatic carbocycles. The van der Waals surface area contributed by atoms with Crippen molar-refractivity contribution in [3.8, 4) is 0 Å². The Balaban J connectivity index is 2.69. The fourth-order valence-electron chi connectivity index (χ4n) is 1.43. The summed E-state index contributed by atoms with van der Waals surface area (Å²) in [6.07, 6.45) is 0. The Kier molecular flexibility index (Phi) is 5.31. The van der Waals surface area contributed by atoms with Crippen molar-refractivity contribution in [3.05, 3.63) is 0 Å². The highest BCUT2D eigenvalue weighted by atomic mass is 32.2. The Hall–Kier alpha value is -0.360. The van der Waals surface area contributed by atoms with Gasteiger partial charge in [-0.25, -0.2) is 0 Å². The van der Waals surface area contributed by atoms with E-state index in [9.17, 15) is 9.59 Å². The minimum absolute atomic E-state index is 0.0219. The maximum Gasteiger partial charge on any atom is 0.320 e. The van der Waals surface area contributed by atoms with E-state index < -0.39 is 17.9 Å². The lowest BCUT2D eigenvalue weighted by Gasteiger charge is -2.25. The van der Waals surface area contributed by atoms with Crippen LogP contribution in [0.4, 0.5) is 0 Å². The highest BCUT2D eigenvalue weighted by Gasteiger charge is 2.37. The normalized spacial score (nSPS) is 17.5. The SMILES string of the molecule is COC(=O)C(C(=O)OC)C1CSCSC1. The molecule has 0 radical (unpaired) electrons. The van der Waals surface area contributed by atoms with E-state index in [-0.39, 0.29) is 5.92 Å². The lowest BCUT2D eigenvalue weighted by molar-refractivity contribution is -0.160. The van der Waals surface area contributed by atoms with E-state index in [2.05, 4.69) is 9.47 Å². The average molecular weight is 250 g/mol. The number of rotatable bonds is 3. The number of esters is 2. The third kappa shape index (κ3) is 3.31. The highest BCUT2D eigenvalue weighted by molar-refractivity contribution is 8.16. The van der Waals surface area contributed by atoms with Gasteiger partial charge in [0.25, 0.3) is 0 Å². The molecule has 6 heteroatoms. The molecule has 1 aliphatic heterocycles. The van der Waals surface area contributed by atoms with Crippen molar-refractivity contribution in [2.24, 2.45) is 11.8 Å². The number of hydrogen-bond donors (Lipinski definition) is 0. The van der Waals surface area contributed by atoms with Gasteiger partial charge in [0.1, 0.15) is 0 Å². The number of carbonyl (C=O) groups excluding carboxylic acids is 2. The predicted octanol–water partition coefficient (Wildman–Crippen LogP) is 1.00. The smallest absolute Gasteiger partial charge is 0.320 e. The van der Waals surface area contributed by atoms with Gasteiger partial charge < -0.3 is 9.47 Å². The van der Waals surface area contributed by atoms with Gasteiger partial charge in [-0.3, -0.25) is 9.59 Å². The Labute approximate surface area is 97.4 Å². The van der Waals surface area contributed by atoms with Crippen LogP contribution in [0.15, 0.2) is 0 Å².